The molecule has 0 aromatic heterocycles. The van der Waals surface area contributed by atoms with Crippen LogP contribution in [0.2, 0.25) is 0 Å². The average molecular weight is 190 g/mol. The van der Waals surface area contributed by atoms with Crippen molar-refractivity contribution in [2.45, 2.75) is 11.8 Å². The van der Waals surface area contributed by atoms with Gasteiger partial charge in [0.15, 0.2) is 0 Å². The van der Waals surface area contributed by atoms with E-state index in [2.05, 4.69) is 0 Å². The van der Waals surface area contributed by atoms with Crippen molar-refractivity contribution in [1.29, 1.82) is 0 Å². The van der Waals surface area contributed by atoms with Gasteiger partial charge in [-0.25, -0.2) is 0 Å². The Morgan fingerprint density at radius 2 is 2.00 bits per heavy atom. The highest BCUT2D eigenvalue weighted by molar-refractivity contribution is 7.86. The van der Waals surface area contributed by atoms with E-state index in [0.717, 1.165) is 12.1 Å². The van der Waals surface area contributed by atoms with Gasteiger partial charge in [0.2, 0.25) is 0 Å². The van der Waals surface area contributed by atoms with Crippen LogP contribution in [0.3, 0.4) is 0 Å². The SMILES string of the molecule is Cc1ccc(S(=O)(=O)F)cc1O. The summed E-state index contributed by atoms with van der Waals surface area (Å²) in [6.45, 7) is 1.59. The van der Waals surface area contributed by atoms with Gasteiger partial charge in [0.1, 0.15) is 10.6 Å². The summed E-state index contributed by atoms with van der Waals surface area (Å²) in [4.78, 5) is -0.523. The molecular formula is C7H7FO3S. The summed E-state index contributed by atoms with van der Waals surface area (Å²) < 4.78 is 32.9. The van der Waals surface area contributed by atoms with E-state index in [-0.39, 0.29) is 5.75 Å². The quantitative estimate of drug-likeness (QED) is 0.680. The summed E-state index contributed by atoms with van der Waals surface area (Å²) >= 11 is 0. The number of hydrogen-bond acceptors (Lipinski definition) is 3. The second-order valence-corrected chi connectivity index (χ2v) is 3.73. The Balaban J connectivity index is 3.33. The third-order valence-corrected chi connectivity index (χ3v) is 2.28. The molecule has 0 aliphatic rings. The van der Waals surface area contributed by atoms with Gasteiger partial charge in [0, 0.05) is 6.07 Å². The maximum atomic E-state index is 12.3. The van der Waals surface area contributed by atoms with Gasteiger partial charge in [-0.3, -0.25) is 0 Å². The Bertz CT molecular complexity index is 397. The highest BCUT2D eigenvalue weighted by Gasteiger charge is 2.12. The molecule has 0 radical (unpaired) electrons. The molecule has 0 aliphatic carbocycles. The molecule has 0 bridgehead atoms. The summed E-state index contributed by atoms with van der Waals surface area (Å²) in [5.41, 5.74) is 0.502. The van der Waals surface area contributed by atoms with Crippen LogP contribution < -0.4 is 0 Å². The summed E-state index contributed by atoms with van der Waals surface area (Å²) in [6, 6.07) is 3.32. The highest BCUT2D eigenvalue weighted by Crippen LogP contribution is 2.21. The number of phenols is 1. The Labute approximate surface area is 69.7 Å². The van der Waals surface area contributed by atoms with Crippen LogP contribution in [0, 0.1) is 6.92 Å². The maximum absolute atomic E-state index is 12.3. The molecule has 0 heterocycles. The molecule has 66 valence electrons. The van der Waals surface area contributed by atoms with E-state index in [9.17, 15) is 12.3 Å². The van der Waals surface area contributed by atoms with Gasteiger partial charge in [-0.2, -0.15) is 8.42 Å². The van der Waals surface area contributed by atoms with Crippen LogP contribution in [0.15, 0.2) is 23.1 Å². The van der Waals surface area contributed by atoms with Crippen molar-refractivity contribution < 1.29 is 17.4 Å². The minimum absolute atomic E-state index is 0.228. The smallest absolute Gasteiger partial charge is 0.332 e. The minimum atomic E-state index is -4.70. The first-order valence-electron chi connectivity index (χ1n) is 3.15. The van der Waals surface area contributed by atoms with Crippen molar-refractivity contribution in [3.63, 3.8) is 0 Å². The lowest BCUT2D eigenvalue weighted by atomic mass is 10.2. The standard InChI is InChI=1S/C7H7FO3S/c1-5-2-3-6(4-7(5)9)12(8,10)11/h2-4,9H,1H3. The molecular weight excluding hydrogens is 183 g/mol. The first-order chi connectivity index (χ1) is 5.41. The van der Waals surface area contributed by atoms with Crippen LogP contribution in [-0.2, 0) is 10.2 Å². The lowest BCUT2D eigenvalue weighted by Crippen LogP contribution is -1.91. The molecule has 1 rings (SSSR count). The number of rotatable bonds is 1. The normalized spacial score (nSPS) is 11.5. The maximum Gasteiger partial charge on any atom is 0.332 e. The van der Waals surface area contributed by atoms with Crippen LogP contribution in [0.25, 0.3) is 0 Å². The van der Waals surface area contributed by atoms with Crippen LogP contribution in [0.4, 0.5) is 3.89 Å². The molecule has 3 nitrogen and oxygen atoms in total. The zero-order chi connectivity index (χ0) is 9.35. The van der Waals surface area contributed by atoms with Crippen LogP contribution >= 0.6 is 0 Å². The number of halogens is 1. The van der Waals surface area contributed by atoms with Crippen LogP contribution in [0.5, 0.6) is 5.75 Å². The second-order valence-electron chi connectivity index (χ2n) is 2.39. The first kappa shape index (κ1) is 8.99. The molecule has 12 heavy (non-hydrogen) atoms. The molecule has 0 saturated carbocycles. The van der Waals surface area contributed by atoms with Crippen molar-refractivity contribution in [3.05, 3.63) is 23.8 Å². The lowest BCUT2D eigenvalue weighted by molar-refractivity contribution is 0.468. The summed E-state index contributed by atoms with van der Waals surface area (Å²) in [5.74, 6) is -0.228. The van der Waals surface area contributed by atoms with E-state index in [0.29, 0.717) is 5.56 Å². The largest absolute Gasteiger partial charge is 0.508 e. The molecule has 1 aromatic rings. The van der Waals surface area contributed by atoms with Gasteiger partial charge in [0.05, 0.1) is 0 Å². The zero-order valence-corrected chi connectivity index (χ0v) is 7.10. The van der Waals surface area contributed by atoms with Crippen molar-refractivity contribution in [2.24, 2.45) is 0 Å². The van der Waals surface area contributed by atoms with Crippen molar-refractivity contribution in [2.75, 3.05) is 0 Å². The fraction of sp³-hybridized carbons (Fsp3) is 0.143. The average Bonchev–Trinajstić information content (AvgIpc) is 1.92. The van der Waals surface area contributed by atoms with Gasteiger partial charge < -0.3 is 5.11 Å². The molecule has 0 saturated heterocycles. The van der Waals surface area contributed by atoms with Crippen molar-refractivity contribution in [1.82, 2.24) is 0 Å². The fourth-order valence-electron chi connectivity index (χ4n) is 0.741. The van der Waals surface area contributed by atoms with E-state index >= 15 is 0 Å². The van der Waals surface area contributed by atoms with Gasteiger partial charge >= 0.3 is 10.2 Å². The predicted molar refractivity (Wildman–Crippen MR) is 41.1 cm³/mol. The monoisotopic (exact) mass is 190 g/mol. The van der Waals surface area contributed by atoms with E-state index in [1.807, 2.05) is 0 Å². The Hall–Kier alpha value is -1.10. The molecule has 0 unspecified atom stereocenters. The van der Waals surface area contributed by atoms with E-state index in [1.54, 1.807) is 6.92 Å². The summed E-state index contributed by atoms with van der Waals surface area (Å²) in [6.07, 6.45) is 0. The minimum Gasteiger partial charge on any atom is -0.508 e. The molecule has 5 heteroatoms. The van der Waals surface area contributed by atoms with Gasteiger partial charge in [-0.1, -0.05) is 6.07 Å². The van der Waals surface area contributed by atoms with Crippen molar-refractivity contribution in [3.8, 4) is 5.75 Å². The van der Waals surface area contributed by atoms with E-state index in [4.69, 9.17) is 5.11 Å². The first-order valence-corrected chi connectivity index (χ1v) is 4.54. The third kappa shape index (κ3) is 1.73. The third-order valence-electron chi connectivity index (χ3n) is 1.46. The van der Waals surface area contributed by atoms with Gasteiger partial charge in [0.25, 0.3) is 0 Å². The number of aromatic hydroxyl groups is 1. The molecule has 1 aromatic carbocycles. The molecule has 0 fully saturated rings. The molecule has 0 aliphatic heterocycles. The molecule has 1 N–H and O–H groups in total. The number of aryl methyl sites for hydroxylation is 1. The van der Waals surface area contributed by atoms with Gasteiger partial charge in [-0.15, -0.1) is 3.89 Å². The Morgan fingerprint density at radius 1 is 1.42 bits per heavy atom. The van der Waals surface area contributed by atoms with E-state index in [1.165, 1.54) is 6.07 Å². The van der Waals surface area contributed by atoms with E-state index < -0.39 is 15.1 Å². The Kier molecular flexibility index (Phi) is 2.06. The predicted octanol–water partition coefficient (Wildman–Crippen LogP) is 1.36. The lowest BCUT2D eigenvalue weighted by Gasteiger charge is -1.98. The number of hydrogen-bond donors (Lipinski definition) is 1. The van der Waals surface area contributed by atoms with Crippen LogP contribution in [0.1, 0.15) is 5.56 Å². The number of benzene rings is 1. The fourth-order valence-corrected chi connectivity index (χ4v) is 1.22. The summed E-state index contributed by atoms with van der Waals surface area (Å²) in [7, 11) is -4.70. The molecule has 0 spiro atoms. The molecule has 0 atom stereocenters. The number of phenolic OH excluding ortho intramolecular Hbond substituents is 1. The zero-order valence-electron chi connectivity index (χ0n) is 6.28. The molecule has 0 amide bonds. The van der Waals surface area contributed by atoms with Gasteiger partial charge in [-0.05, 0) is 18.6 Å². The Morgan fingerprint density at radius 3 is 2.42 bits per heavy atom. The summed E-state index contributed by atoms with van der Waals surface area (Å²) in [5, 5.41) is 9.03. The van der Waals surface area contributed by atoms with Crippen LogP contribution in [-0.4, -0.2) is 13.5 Å². The highest BCUT2D eigenvalue weighted by atomic mass is 32.3. The topological polar surface area (TPSA) is 54.4 Å². The van der Waals surface area contributed by atoms with Crippen molar-refractivity contribution >= 4 is 10.2 Å². The second kappa shape index (κ2) is 2.75.